The van der Waals surface area contributed by atoms with Crippen molar-refractivity contribution in [3.8, 4) is 0 Å². The maximum absolute atomic E-state index is 13.9. The van der Waals surface area contributed by atoms with Crippen molar-refractivity contribution in [2.45, 2.75) is 44.6 Å². The van der Waals surface area contributed by atoms with Crippen molar-refractivity contribution in [2.24, 2.45) is 0 Å². The lowest BCUT2D eigenvalue weighted by atomic mass is 9.80. The Labute approximate surface area is 111 Å². The van der Waals surface area contributed by atoms with E-state index in [1.165, 1.54) is 12.8 Å². The molecule has 1 aliphatic rings. The number of nitrogens with one attached hydrogen (secondary N) is 1. The molecule has 0 aromatic heterocycles. The van der Waals surface area contributed by atoms with E-state index in [-0.39, 0.29) is 5.82 Å². The first-order valence-corrected chi connectivity index (χ1v) is 7.20. The van der Waals surface area contributed by atoms with Crippen molar-refractivity contribution in [2.75, 3.05) is 6.54 Å². The maximum Gasteiger partial charge on any atom is 0.126 e. The molecule has 0 saturated heterocycles. The molecule has 1 saturated carbocycles. The number of likely N-dealkylation sites (N-methyl/N-ethyl adjacent to an activating group) is 1. The van der Waals surface area contributed by atoms with Crippen LogP contribution in [0.1, 0.15) is 44.1 Å². The zero-order valence-corrected chi connectivity index (χ0v) is 11.8. The lowest BCUT2D eigenvalue weighted by Crippen LogP contribution is -2.37. The summed E-state index contributed by atoms with van der Waals surface area (Å²) in [5.74, 6) is 0.254. The average Bonchev–Trinajstić information content (AvgIpc) is 2.34. The molecule has 0 radical (unpaired) electrons. The third kappa shape index (κ3) is 3.08. The van der Waals surface area contributed by atoms with Crippen LogP contribution < -0.4 is 5.32 Å². The van der Waals surface area contributed by atoms with Gasteiger partial charge in [0.2, 0.25) is 0 Å². The van der Waals surface area contributed by atoms with Gasteiger partial charge in [-0.2, -0.15) is 0 Å². The van der Waals surface area contributed by atoms with E-state index in [2.05, 4.69) is 28.2 Å². The van der Waals surface area contributed by atoms with Crippen molar-refractivity contribution in [3.05, 3.63) is 34.1 Å². The highest BCUT2D eigenvalue weighted by molar-refractivity contribution is 9.10. The highest BCUT2D eigenvalue weighted by Gasteiger charge is 2.27. The molecule has 3 heteroatoms. The lowest BCUT2D eigenvalue weighted by molar-refractivity contribution is 0.326. The first-order chi connectivity index (χ1) is 8.22. The van der Waals surface area contributed by atoms with Gasteiger partial charge in [-0.15, -0.1) is 0 Å². The predicted octanol–water partition coefficient (Wildman–Crippen LogP) is 4.22. The Hall–Kier alpha value is -0.410. The van der Waals surface area contributed by atoms with Crippen LogP contribution in [0.15, 0.2) is 22.7 Å². The molecule has 1 aromatic carbocycles. The van der Waals surface area contributed by atoms with Gasteiger partial charge in [-0.3, -0.25) is 0 Å². The molecule has 2 unspecified atom stereocenters. The summed E-state index contributed by atoms with van der Waals surface area (Å²) in [6.45, 7) is 3.07. The zero-order valence-electron chi connectivity index (χ0n) is 10.2. The van der Waals surface area contributed by atoms with Crippen molar-refractivity contribution in [1.29, 1.82) is 0 Å². The van der Waals surface area contributed by atoms with Crippen LogP contribution >= 0.6 is 15.9 Å². The highest BCUT2D eigenvalue weighted by Crippen LogP contribution is 2.35. The number of benzene rings is 1. The van der Waals surface area contributed by atoms with E-state index in [9.17, 15) is 4.39 Å². The van der Waals surface area contributed by atoms with Crippen molar-refractivity contribution in [1.82, 2.24) is 5.32 Å². The van der Waals surface area contributed by atoms with Gasteiger partial charge in [-0.1, -0.05) is 35.7 Å². The summed E-state index contributed by atoms with van der Waals surface area (Å²) >= 11 is 3.43. The fraction of sp³-hybridized carbons (Fsp3) is 0.571. The molecule has 0 aliphatic heterocycles. The minimum absolute atomic E-state index is 0.0667. The van der Waals surface area contributed by atoms with E-state index in [4.69, 9.17) is 0 Å². The minimum atomic E-state index is -0.0667. The summed E-state index contributed by atoms with van der Waals surface area (Å²) in [7, 11) is 0. The van der Waals surface area contributed by atoms with Crippen LogP contribution in [0, 0.1) is 5.82 Å². The second-order valence-electron chi connectivity index (χ2n) is 4.72. The first kappa shape index (κ1) is 13.0. The Kier molecular flexibility index (Phi) is 4.57. The van der Waals surface area contributed by atoms with Gasteiger partial charge in [0.05, 0.1) is 0 Å². The third-order valence-corrected chi connectivity index (χ3v) is 4.08. The summed E-state index contributed by atoms with van der Waals surface area (Å²) < 4.78 is 14.9. The van der Waals surface area contributed by atoms with Gasteiger partial charge in [0, 0.05) is 16.4 Å². The van der Waals surface area contributed by atoms with Crippen LogP contribution in [0.2, 0.25) is 0 Å². The Morgan fingerprint density at radius 3 is 2.88 bits per heavy atom. The van der Waals surface area contributed by atoms with Gasteiger partial charge in [0.25, 0.3) is 0 Å². The number of hydrogen-bond acceptors (Lipinski definition) is 1. The topological polar surface area (TPSA) is 12.0 Å². The second kappa shape index (κ2) is 5.96. The molecule has 0 spiro atoms. The molecular formula is C14H19BrFN. The molecular weight excluding hydrogens is 281 g/mol. The molecule has 94 valence electrons. The first-order valence-electron chi connectivity index (χ1n) is 6.40. The Balaban J connectivity index is 2.25. The summed E-state index contributed by atoms with van der Waals surface area (Å²) in [4.78, 5) is 0. The summed E-state index contributed by atoms with van der Waals surface area (Å²) in [6.07, 6.45) is 4.71. The van der Waals surface area contributed by atoms with Gasteiger partial charge in [0.1, 0.15) is 5.82 Å². The molecule has 1 aliphatic carbocycles. The molecule has 0 amide bonds. The van der Waals surface area contributed by atoms with Gasteiger partial charge >= 0.3 is 0 Å². The van der Waals surface area contributed by atoms with Crippen molar-refractivity contribution in [3.63, 3.8) is 0 Å². The molecule has 2 rings (SSSR count). The summed E-state index contributed by atoms with van der Waals surface area (Å²) in [5.41, 5.74) is 0.866. The fourth-order valence-corrected chi connectivity index (χ4v) is 3.19. The number of halogens is 2. The normalized spacial score (nSPS) is 24.9. The van der Waals surface area contributed by atoms with E-state index in [0.717, 1.165) is 29.4 Å². The fourth-order valence-electron chi connectivity index (χ4n) is 2.81. The summed E-state index contributed by atoms with van der Waals surface area (Å²) in [5, 5.41) is 3.50. The van der Waals surface area contributed by atoms with Gasteiger partial charge in [-0.05, 0) is 43.1 Å². The molecule has 0 heterocycles. The minimum Gasteiger partial charge on any atom is -0.314 e. The highest BCUT2D eigenvalue weighted by atomic mass is 79.9. The van der Waals surface area contributed by atoms with Crippen molar-refractivity contribution >= 4 is 15.9 Å². The third-order valence-electron chi connectivity index (χ3n) is 3.59. The maximum atomic E-state index is 13.9. The van der Waals surface area contributed by atoms with Crippen LogP contribution in [0.5, 0.6) is 0 Å². The van der Waals surface area contributed by atoms with Crippen LogP contribution in [0.4, 0.5) is 4.39 Å². The van der Waals surface area contributed by atoms with Crippen LogP contribution in [0.25, 0.3) is 0 Å². The Morgan fingerprint density at radius 2 is 2.12 bits per heavy atom. The second-order valence-corrected chi connectivity index (χ2v) is 5.64. The summed E-state index contributed by atoms with van der Waals surface area (Å²) in [6, 6.07) is 5.70. The number of hydrogen-bond donors (Lipinski definition) is 1. The van der Waals surface area contributed by atoms with Crippen LogP contribution in [0.3, 0.4) is 0 Å². The Bertz CT molecular complexity index is 378. The molecule has 1 fully saturated rings. The average molecular weight is 300 g/mol. The molecule has 1 nitrogen and oxygen atoms in total. The van der Waals surface area contributed by atoms with Crippen molar-refractivity contribution < 1.29 is 4.39 Å². The van der Waals surface area contributed by atoms with Crippen LogP contribution in [-0.2, 0) is 0 Å². The smallest absolute Gasteiger partial charge is 0.126 e. The standard InChI is InChI=1S/C14H19BrFN/c1-2-17-14-6-4-3-5-11(14)12-9-10(15)7-8-13(12)16/h7-9,11,14,17H,2-6H2,1H3. The Morgan fingerprint density at radius 1 is 1.35 bits per heavy atom. The number of rotatable bonds is 3. The molecule has 1 aromatic rings. The molecule has 2 atom stereocenters. The van der Waals surface area contributed by atoms with E-state index >= 15 is 0 Å². The van der Waals surface area contributed by atoms with E-state index < -0.39 is 0 Å². The SMILES string of the molecule is CCNC1CCCCC1c1cc(Br)ccc1F. The predicted molar refractivity (Wildman–Crippen MR) is 72.8 cm³/mol. The van der Waals surface area contributed by atoms with Gasteiger partial charge < -0.3 is 5.32 Å². The van der Waals surface area contributed by atoms with Gasteiger partial charge in [0.15, 0.2) is 0 Å². The zero-order chi connectivity index (χ0) is 12.3. The lowest BCUT2D eigenvalue weighted by Gasteiger charge is -2.32. The van der Waals surface area contributed by atoms with Gasteiger partial charge in [-0.25, -0.2) is 4.39 Å². The van der Waals surface area contributed by atoms with E-state index in [0.29, 0.717) is 12.0 Å². The van der Waals surface area contributed by atoms with E-state index in [1.54, 1.807) is 12.1 Å². The molecule has 1 N–H and O–H groups in total. The monoisotopic (exact) mass is 299 g/mol. The van der Waals surface area contributed by atoms with E-state index in [1.807, 2.05) is 6.07 Å². The van der Waals surface area contributed by atoms with Crippen LogP contribution in [-0.4, -0.2) is 12.6 Å². The molecule has 17 heavy (non-hydrogen) atoms. The largest absolute Gasteiger partial charge is 0.314 e. The quantitative estimate of drug-likeness (QED) is 0.881. The molecule has 0 bridgehead atoms.